The maximum absolute atomic E-state index is 12.6. The third-order valence-corrected chi connectivity index (χ3v) is 4.02. The molecule has 0 radical (unpaired) electrons. The Morgan fingerprint density at radius 1 is 1.07 bits per heavy atom. The van der Waals surface area contributed by atoms with Crippen molar-refractivity contribution in [3.63, 3.8) is 0 Å². The summed E-state index contributed by atoms with van der Waals surface area (Å²) in [4.78, 5) is 40.9. The molecule has 0 saturated heterocycles. The van der Waals surface area contributed by atoms with Crippen LogP contribution in [0.1, 0.15) is 34.2 Å². The summed E-state index contributed by atoms with van der Waals surface area (Å²) in [7, 11) is 0. The molecule has 2 N–H and O–H groups in total. The number of pyridine rings is 1. The number of nitrogens with one attached hydrogen (secondary N) is 2. The first-order chi connectivity index (χ1) is 13.0. The van der Waals surface area contributed by atoms with Gasteiger partial charge in [0.05, 0.1) is 10.9 Å². The molecule has 3 rings (SSSR count). The molecule has 0 aliphatic heterocycles. The number of hydrazine groups is 1. The molecule has 2 heterocycles. The zero-order valence-corrected chi connectivity index (χ0v) is 15.2. The normalized spacial score (nSPS) is 10.6. The highest BCUT2D eigenvalue weighted by molar-refractivity contribution is 6.29. The monoisotopic (exact) mass is 385 g/mol. The van der Waals surface area contributed by atoms with Crippen molar-refractivity contribution in [1.29, 1.82) is 0 Å². The number of hydrogen-bond acceptors (Lipinski definition) is 5. The molecule has 138 valence electrons. The molecule has 0 unspecified atom stereocenters. The maximum atomic E-state index is 12.6. The van der Waals surface area contributed by atoms with Gasteiger partial charge in [-0.1, -0.05) is 36.7 Å². The van der Waals surface area contributed by atoms with Crippen LogP contribution in [0.5, 0.6) is 0 Å². The van der Waals surface area contributed by atoms with Gasteiger partial charge < -0.3 is 0 Å². The predicted octanol–water partition coefficient (Wildman–Crippen LogP) is 1.93. The van der Waals surface area contributed by atoms with Crippen LogP contribution in [-0.2, 0) is 6.54 Å². The highest BCUT2D eigenvalue weighted by atomic mass is 35.5. The maximum Gasteiger partial charge on any atom is 0.290 e. The van der Waals surface area contributed by atoms with Crippen LogP contribution in [0, 0.1) is 0 Å². The molecule has 0 aliphatic carbocycles. The fraction of sp³-hybridized carbons (Fsp3) is 0.167. The summed E-state index contributed by atoms with van der Waals surface area (Å²) in [6.07, 6.45) is 1.98. The molecule has 2 amide bonds. The fourth-order valence-corrected chi connectivity index (χ4v) is 2.63. The van der Waals surface area contributed by atoms with Crippen LogP contribution in [0.3, 0.4) is 0 Å². The molecule has 9 heteroatoms. The van der Waals surface area contributed by atoms with Gasteiger partial charge in [-0.25, -0.2) is 9.67 Å². The Labute approximate surface area is 159 Å². The van der Waals surface area contributed by atoms with Gasteiger partial charge in [-0.05, 0) is 24.6 Å². The molecule has 0 saturated carbocycles. The quantitative estimate of drug-likeness (QED) is 0.527. The average molecular weight is 386 g/mol. The number of halogens is 1. The summed E-state index contributed by atoms with van der Waals surface area (Å²) >= 11 is 5.68. The first-order valence-corrected chi connectivity index (χ1v) is 8.61. The van der Waals surface area contributed by atoms with E-state index in [9.17, 15) is 14.4 Å². The van der Waals surface area contributed by atoms with E-state index < -0.39 is 11.8 Å². The zero-order chi connectivity index (χ0) is 19.4. The molecule has 3 aromatic rings. The van der Waals surface area contributed by atoms with Crippen molar-refractivity contribution < 1.29 is 9.59 Å². The van der Waals surface area contributed by atoms with E-state index in [2.05, 4.69) is 20.9 Å². The first kappa shape index (κ1) is 18.5. The number of fused-ring (bicyclic) bond motifs is 1. The average Bonchev–Trinajstić information content (AvgIpc) is 2.68. The Hall–Kier alpha value is -3.26. The molecule has 0 aliphatic rings. The lowest BCUT2D eigenvalue weighted by atomic mass is 10.1. The van der Waals surface area contributed by atoms with Crippen molar-refractivity contribution in [3.8, 4) is 0 Å². The molecular weight excluding hydrogens is 370 g/mol. The second-order valence-corrected chi connectivity index (χ2v) is 6.09. The molecule has 0 atom stereocenters. The zero-order valence-electron chi connectivity index (χ0n) is 14.4. The summed E-state index contributed by atoms with van der Waals surface area (Å²) in [5.41, 5.74) is 4.63. The van der Waals surface area contributed by atoms with Crippen molar-refractivity contribution in [2.75, 3.05) is 0 Å². The summed E-state index contributed by atoms with van der Waals surface area (Å²) < 4.78 is 1.25. The van der Waals surface area contributed by atoms with E-state index in [1.807, 2.05) is 6.92 Å². The Bertz CT molecular complexity index is 1060. The molecule has 2 aromatic heterocycles. The second-order valence-electron chi connectivity index (χ2n) is 5.70. The van der Waals surface area contributed by atoms with E-state index in [0.29, 0.717) is 23.7 Å². The number of aryl methyl sites for hydroxylation is 1. The lowest BCUT2D eigenvalue weighted by Crippen LogP contribution is -2.42. The predicted molar refractivity (Wildman–Crippen MR) is 100 cm³/mol. The van der Waals surface area contributed by atoms with E-state index in [0.717, 1.165) is 0 Å². The van der Waals surface area contributed by atoms with Crippen LogP contribution in [0.25, 0.3) is 10.8 Å². The number of amides is 2. The summed E-state index contributed by atoms with van der Waals surface area (Å²) in [5.74, 6) is -1.19. The van der Waals surface area contributed by atoms with E-state index in [1.54, 1.807) is 24.3 Å². The van der Waals surface area contributed by atoms with Gasteiger partial charge >= 0.3 is 0 Å². The molecule has 8 nitrogen and oxygen atoms in total. The van der Waals surface area contributed by atoms with Crippen LogP contribution < -0.4 is 16.4 Å². The highest BCUT2D eigenvalue weighted by Gasteiger charge is 2.17. The summed E-state index contributed by atoms with van der Waals surface area (Å²) in [6, 6.07) is 9.65. The minimum absolute atomic E-state index is 0.0492. The molecule has 0 spiro atoms. The highest BCUT2D eigenvalue weighted by Crippen LogP contribution is 2.13. The van der Waals surface area contributed by atoms with Crippen molar-refractivity contribution in [1.82, 2.24) is 25.6 Å². The molecule has 0 fully saturated rings. The largest absolute Gasteiger partial charge is 0.290 e. The second kappa shape index (κ2) is 7.96. The van der Waals surface area contributed by atoms with Gasteiger partial charge in [-0.15, -0.1) is 0 Å². The van der Waals surface area contributed by atoms with Crippen LogP contribution in [0.2, 0.25) is 5.15 Å². The minimum Gasteiger partial charge on any atom is -0.267 e. The van der Waals surface area contributed by atoms with Crippen LogP contribution in [0.15, 0.2) is 47.4 Å². The summed E-state index contributed by atoms with van der Waals surface area (Å²) in [5, 5.41) is 5.22. The van der Waals surface area contributed by atoms with E-state index in [-0.39, 0.29) is 22.0 Å². The molecule has 27 heavy (non-hydrogen) atoms. The van der Waals surface area contributed by atoms with Crippen molar-refractivity contribution >= 4 is 34.2 Å². The van der Waals surface area contributed by atoms with Gasteiger partial charge in [0.15, 0.2) is 5.69 Å². The Balaban J connectivity index is 1.87. The van der Waals surface area contributed by atoms with E-state index >= 15 is 0 Å². The Morgan fingerprint density at radius 2 is 1.78 bits per heavy atom. The standard InChI is InChI=1S/C18H16ClN5O3/c1-2-9-24-18(27)13-6-4-3-5-12(13)15(23-24)17(26)22-21-16(25)11-7-8-14(19)20-10-11/h3-8,10H,2,9H2,1H3,(H,21,25)(H,22,26). The Kier molecular flexibility index (Phi) is 5.46. The van der Waals surface area contributed by atoms with Gasteiger partial charge in [0, 0.05) is 18.1 Å². The smallest absolute Gasteiger partial charge is 0.267 e. The van der Waals surface area contributed by atoms with Gasteiger partial charge in [-0.2, -0.15) is 5.10 Å². The third-order valence-electron chi connectivity index (χ3n) is 3.80. The van der Waals surface area contributed by atoms with Gasteiger partial charge in [-0.3, -0.25) is 25.2 Å². The van der Waals surface area contributed by atoms with Crippen LogP contribution in [-0.4, -0.2) is 26.6 Å². The lowest BCUT2D eigenvalue weighted by Gasteiger charge is -2.11. The number of carbonyl (C=O) groups is 2. The first-order valence-electron chi connectivity index (χ1n) is 8.23. The van der Waals surface area contributed by atoms with Crippen molar-refractivity contribution in [2.45, 2.75) is 19.9 Å². The SMILES string of the molecule is CCCn1nc(C(=O)NNC(=O)c2ccc(Cl)nc2)c2ccccc2c1=O. The molecule has 1 aromatic carbocycles. The van der Waals surface area contributed by atoms with Crippen molar-refractivity contribution in [3.05, 3.63) is 69.4 Å². The Morgan fingerprint density at radius 3 is 2.44 bits per heavy atom. The van der Waals surface area contributed by atoms with E-state index in [4.69, 9.17) is 11.6 Å². The fourth-order valence-electron chi connectivity index (χ4n) is 2.52. The van der Waals surface area contributed by atoms with Gasteiger partial charge in [0.1, 0.15) is 5.15 Å². The van der Waals surface area contributed by atoms with Gasteiger partial charge in [0.25, 0.3) is 17.4 Å². The summed E-state index contributed by atoms with van der Waals surface area (Å²) in [6.45, 7) is 2.29. The number of nitrogens with zero attached hydrogens (tertiary/aromatic N) is 3. The van der Waals surface area contributed by atoms with E-state index in [1.165, 1.54) is 23.0 Å². The van der Waals surface area contributed by atoms with Gasteiger partial charge in [0.2, 0.25) is 0 Å². The molecular formula is C18H16ClN5O3. The number of hydrogen-bond donors (Lipinski definition) is 2. The third kappa shape index (κ3) is 3.95. The number of carbonyl (C=O) groups excluding carboxylic acids is 2. The van der Waals surface area contributed by atoms with Crippen LogP contribution in [0.4, 0.5) is 0 Å². The lowest BCUT2D eigenvalue weighted by molar-refractivity contribution is 0.0843. The van der Waals surface area contributed by atoms with Crippen LogP contribution >= 0.6 is 11.6 Å². The minimum atomic E-state index is -0.633. The number of benzene rings is 1. The number of rotatable bonds is 4. The van der Waals surface area contributed by atoms with Crippen molar-refractivity contribution in [2.24, 2.45) is 0 Å². The topological polar surface area (TPSA) is 106 Å². The number of aromatic nitrogens is 3. The molecule has 0 bridgehead atoms.